The lowest BCUT2D eigenvalue weighted by Crippen LogP contribution is -2.26. The number of fused-ring (bicyclic) bond motifs is 1. The van der Waals surface area contributed by atoms with Crippen LogP contribution in [0.4, 0.5) is 0 Å². The van der Waals surface area contributed by atoms with Crippen molar-refractivity contribution in [2.24, 2.45) is 0 Å². The van der Waals surface area contributed by atoms with E-state index < -0.39 is 0 Å². The first-order valence-corrected chi connectivity index (χ1v) is 4.06. The molecule has 2 nitrogen and oxygen atoms in total. The van der Waals surface area contributed by atoms with Gasteiger partial charge in [-0.3, -0.25) is 0 Å². The second kappa shape index (κ2) is 2.19. The van der Waals surface area contributed by atoms with Gasteiger partial charge in [0.25, 0.3) is 0 Å². The molecule has 1 saturated heterocycles. The van der Waals surface area contributed by atoms with Gasteiger partial charge in [0.15, 0.2) is 0 Å². The van der Waals surface area contributed by atoms with E-state index in [1.807, 2.05) is 0 Å². The monoisotopic (exact) mass is 138 g/mol. The number of nitrogens with zero attached hydrogens (tertiary/aromatic N) is 1. The molecule has 0 aromatic heterocycles. The number of rotatable bonds is 0. The predicted molar refractivity (Wildman–Crippen MR) is 41.5 cm³/mol. The van der Waals surface area contributed by atoms with Crippen molar-refractivity contribution in [3.05, 3.63) is 11.4 Å². The quantitative estimate of drug-likeness (QED) is 0.535. The molecule has 56 valence electrons. The number of nitrogens with one attached hydrogen (secondary N) is 1. The van der Waals surface area contributed by atoms with Crippen LogP contribution < -0.4 is 5.32 Å². The van der Waals surface area contributed by atoms with Crippen LogP contribution in [0, 0.1) is 0 Å². The van der Waals surface area contributed by atoms with E-state index in [2.05, 4.69) is 17.1 Å². The Labute approximate surface area is 61.9 Å². The van der Waals surface area contributed by atoms with Crippen molar-refractivity contribution in [2.75, 3.05) is 19.6 Å². The molecule has 1 N–H and O–H groups in total. The summed E-state index contributed by atoms with van der Waals surface area (Å²) in [5.74, 6) is 1.42. The van der Waals surface area contributed by atoms with Crippen LogP contribution in [0.3, 0.4) is 0 Å². The summed E-state index contributed by atoms with van der Waals surface area (Å²) in [4.78, 5) is 2.46. The van der Waals surface area contributed by atoms with Crippen LogP contribution in [0.5, 0.6) is 0 Å². The molecule has 2 heteroatoms. The summed E-state index contributed by atoms with van der Waals surface area (Å²) in [6.07, 6.45) is 2.63. The average molecular weight is 138 g/mol. The van der Waals surface area contributed by atoms with Gasteiger partial charge in [-0.1, -0.05) is 0 Å². The smallest absolute Gasteiger partial charge is 0.100 e. The number of allylic oxidation sites excluding steroid dienone is 1. The van der Waals surface area contributed by atoms with Crippen molar-refractivity contribution in [2.45, 2.75) is 19.8 Å². The molecule has 2 rings (SSSR count). The van der Waals surface area contributed by atoms with Crippen molar-refractivity contribution in [1.29, 1.82) is 0 Å². The molecule has 2 heterocycles. The first-order chi connectivity index (χ1) is 4.88. The molecule has 1 fully saturated rings. The minimum absolute atomic E-state index is 1.15. The maximum atomic E-state index is 3.41. The molecular weight excluding hydrogens is 124 g/mol. The van der Waals surface area contributed by atoms with Crippen LogP contribution in [-0.2, 0) is 0 Å². The van der Waals surface area contributed by atoms with Crippen LogP contribution in [-0.4, -0.2) is 24.5 Å². The average Bonchev–Trinajstić information content (AvgIpc) is 2.36. The first kappa shape index (κ1) is 6.08. The zero-order chi connectivity index (χ0) is 6.97. The molecule has 0 atom stereocenters. The van der Waals surface area contributed by atoms with Crippen molar-refractivity contribution >= 4 is 0 Å². The van der Waals surface area contributed by atoms with E-state index >= 15 is 0 Å². The summed E-state index contributed by atoms with van der Waals surface area (Å²) >= 11 is 0. The van der Waals surface area contributed by atoms with E-state index in [1.54, 1.807) is 5.57 Å². The van der Waals surface area contributed by atoms with Gasteiger partial charge in [0.2, 0.25) is 0 Å². The summed E-state index contributed by atoms with van der Waals surface area (Å²) < 4.78 is 0. The van der Waals surface area contributed by atoms with E-state index in [9.17, 15) is 0 Å². The van der Waals surface area contributed by atoms with Crippen molar-refractivity contribution in [1.82, 2.24) is 10.2 Å². The molecule has 2 aliphatic rings. The van der Waals surface area contributed by atoms with E-state index in [4.69, 9.17) is 0 Å². The van der Waals surface area contributed by atoms with Gasteiger partial charge in [-0.2, -0.15) is 0 Å². The zero-order valence-electron chi connectivity index (χ0n) is 6.48. The van der Waals surface area contributed by atoms with Crippen LogP contribution in [0.2, 0.25) is 0 Å². The second-order valence-corrected chi connectivity index (χ2v) is 3.15. The lowest BCUT2D eigenvalue weighted by atomic mass is 10.1. The normalized spacial score (nSPS) is 24.7. The summed E-state index contributed by atoms with van der Waals surface area (Å²) in [6, 6.07) is 0. The molecule has 0 aromatic rings. The fourth-order valence-electron chi connectivity index (χ4n) is 1.83. The molecule has 0 radical (unpaired) electrons. The van der Waals surface area contributed by atoms with Crippen LogP contribution in [0.15, 0.2) is 11.4 Å². The highest BCUT2D eigenvalue weighted by Gasteiger charge is 2.20. The van der Waals surface area contributed by atoms with E-state index in [0.717, 1.165) is 6.54 Å². The summed E-state index contributed by atoms with van der Waals surface area (Å²) in [6.45, 7) is 5.86. The first-order valence-electron chi connectivity index (χ1n) is 4.06. The largest absolute Gasteiger partial charge is 0.370 e. The Bertz CT molecular complexity index is 172. The zero-order valence-corrected chi connectivity index (χ0v) is 6.48. The van der Waals surface area contributed by atoms with Gasteiger partial charge < -0.3 is 10.2 Å². The fourth-order valence-corrected chi connectivity index (χ4v) is 1.83. The number of hydrogen-bond acceptors (Lipinski definition) is 2. The van der Waals surface area contributed by atoms with Gasteiger partial charge in [0, 0.05) is 19.6 Å². The Hall–Kier alpha value is -0.660. The molecule has 0 aromatic carbocycles. The Kier molecular flexibility index (Phi) is 1.33. The lowest BCUT2D eigenvalue weighted by Gasteiger charge is -2.25. The molecule has 0 saturated carbocycles. The second-order valence-electron chi connectivity index (χ2n) is 3.15. The molecule has 10 heavy (non-hydrogen) atoms. The molecular formula is C8H14N2. The van der Waals surface area contributed by atoms with E-state index in [1.165, 1.54) is 31.8 Å². The maximum Gasteiger partial charge on any atom is 0.100 e. The highest BCUT2D eigenvalue weighted by atomic mass is 15.3. The van der Waals surface area contributed by atoms with Gasteiger partial charge in [-0.25, -0.2) is 0 Å². The van der Waals surface area contributed by atoms with E-state index in [-0.39, 0.29) is 0 Å². The van der Waals surface area contributed by atoms with Gasteiger partial charge in [0.1, 0.15) is 5.82 Å². The van der Waals surface area contributed by atoms with Gasteiger partial charge in [-0.15, -0.1) is 0 Å². The Morgan fingerprint density at radius 3 is 3.10 bits per heavy atom. The van der Waals surface area contributed by atoms with Crippen LogP contribution in [0.25, 0.3) is 0 Å². The molecule has 0 bridgehead atoms. The minimum Gasteiger partial charge on any atom is -0.370 e. The van der Waals surface area contributed by atoms with Gasteiger partial charge >= 0.3 is 0 Å². The van der Waals surface area contributed by atoms with Gasteiger partial charge in [-0.05, 0) is 25.3 Å². The van der Waals surface area contributed by atoms with Crippen LogP contribution >= 0.6 is 0 Å². The molecule has 0 spiro atoms. The third-order valence-corrected chi connectivity index (χ3v) is 2.37. The van der Waals surface area contributed by atoms with Crippen molar-refractivity contribution in [3.8, 4) is 0 Å². The highest BCUT2D eigenvalue weighted by molar-refractivity contribution is 5.15. The van der Waals surface area contributed by atoms with E-state index in [0.29, 0.717) is 0 Å². The summed E-state index contributed by atoms with van der Waals surface area (Å²) in [5, 5.41) is 3.41. The standard InChI is InChI=1S/C8H14N2/c1-7-3-2-5-10-6-4-9-8(7)10/h9H,2-6H2,1H3. The Morgan fingerprint density at radius 2 is 2.30 bits per heavy atom. The Morgan fingerprint density at radius 1 is 1.40 bits per heavy atom. The summed E-state index contributed by atoms with van der Waals surface area (Å²) in [7, 11) is 0. The van der Waals surface area contributed by atoms with Crippen molar-refractivity contribution in [3.63, 3.8) is 0 Å². The lowest BCUT2D eigenvalue weighted by molar-refractivity contribution is 0.361. The minimum atomic E-state index is 1.15. The fraction of sp³-hybridized carbons (Fsp3) is 0.750. The molecule has 2 aliphatic heterocycles. The van der Waals surface area contributed by atoms with Crippen molar-refractivity contribution < 1.29 is 0 Å². The highest BCUT2D eigenvalue weighted by Crippen LogP contribution is 2.21. The molecule has 0 aliphatic carbocycles. The topological polar surface area (TPSA) is 15.3 Å². The predicted octanol–water partition coefficient (Wildman–Crippen LogP) is 0.917. The maximum absolute atomic E-state index is 3.41. The van der Waals surface area contributed by atoms with Crippen LogP contribution in [0.1, 0.15) is 19.8 Å². The molecule has 0 amide bonds. The van der Waals surface area contributed by atoms with Gasteiger partial charge in [0.05, 0.1) is 0 Å². The number of hydrogen-bond donors (Lipinski definition) is 1. The molecule has 0 unspecified atom stereocenters. The Balaban J connectivity index is 2.25. The summed E-state index contributed by atoms with van der Waals surface area (Å²) in [5.41, 5.74) is 1.55. The SMILES string of the molecule is CC1=C2NCCN2CCC1. The third kappa shape index (κ3) is 0.789. The third-order valence-electron chi connectivity index (χ3n) is 2.37.